The van der Waals surface area contributed by atoms with Crippen molar-refractivity contribution in [2.75, 3.05) is 0 Å². The summed E-state index contributed by atoms with van der Waals surface area (Å²) in [6.45, 7) is 0. The number of nitrogens with zero attached hydrogens (tertiary/aromatic N) is 1. The number of benzene rings is 1. The molecule has 0 aliphatic rings. The van der Waals surface area contributed by atoms with Crippen LogP contribution in [0.25, 0.3) is 22.0 Å². The molecule has 2 aromatic heterocycles. The second kappa shape index (κ2) is 4.00. The molecule has 0 bridgehead atoms. The summed E-state index contributed by atoms with van der Waals surface area (Å²) in [6, 6.07) is 10.9. The van der Waals surface area contributed by atoms with Gasteiger partial charge in [-0.3, -0.25) is 9.78 Å². The van der Waals surface area contributed by atoms with E-state index in [1.54, 1.807) is 24.5 Å². The quantitative estimate of drug-likeness (QED) is 0.683. The zero-order valence-corrected chi connectivity index (χ0v) is 9.42. The largest absolute Gasteiger partial charge is 0.503 e. The summed E-state index contributed by atoms with van der Waals surface area (Å²) in [5.41, 5.74) is 1.44. The third-order valence-electron chi connectivity index (χ3n) is 2.85. The summed E-state index contributed by atoms with van der Waals surface area (Å²) >= 11 is 0. The minimum atomic E-state index is -0.493. The van der Waals surface area contributed by atoms with Crippen LogP contribution in [0.4, 0.5) is 0 Å². The van der Waals surface area contributed by atoms with Crippen molar-refractivity contribution in [3.8, 4) is 16.9 Å². The molecule has 0 spiro atoms. The maximum absolute atomic E-state index is 11.7. The van der Waals surface area contributed by atoms with Crippen molar-refractivity contribution in [2.24, 2.45) is 0 Å². The average molecular weight is 238 g/mol. The Bertz CT molecular complexity index is 764. The molecule has 0 saturated carbocycles. The van der Waals surface area contributed by atoms with Crippen LogP contribution in [0, 0.1) is 0 Å². The van der Waals surface area contributed by atoms with E-state index in [0.29, 0.717) is 11.1 Å². The summed E-state index contributed by atoms with van der Waals surface area (Å²) in [5, 5.41) is 10.8. The van der Waals surface area contributed by atoms with Gasteiger partial charge in [-0.15, -0.1) is 0 Å². The first-order valence-corrected chi connectivity index (χ1v) is 5.52. The number of nitrogens with one attached hydrogen (secondary N) is 1. The maximum Gasteiger partial charge on any atom is 0.291 e. The molecule has 0 aliphatic carbocycles. The van der Waals surface area contributed by atoms with Crippen molar-refractivity contribution < 1.29 is 5.11 Å². The average Bonchev–Trinajstić information content (AvgIpc) is 2.41. The molecule has 2 N–H and O–H groups in total. The van der Waals surface area contributed by atoms with Gasteiger partial charge in [0.25, 0.3) is 5.56 Å². The Hall–Kier alpha value is -2.62. The Labute approximate surface area is 103 Å². The Morgan fingerprint density at radius 2 is 1.94 bits per heavy atom. The standard InChI is InChI=1S/C14H10N2O2/c17-13-12(9-4-3-7-15-8-9)10-5-1-2-6-11(10)16-14(13)18/h1-8,17H,(H,16,18). The van der Waals surface area contributed by atoms with Gasteiger partial charge in [0.05, 0.1) is 0 Å². The fraction of sp³-hybridized carbons (Fsp3) is 0. The third-order valence-corrected chi connectivity index (χ3v) is 2.85. The van der Waals surface area contributed by atoms with E-state index in [4.69, 9.17) is 0 Å². The van der Waals surface area contributed by atoms with E-state index < -0.39 is 5.56 Å². The van der Waals surface area contributed by atoms with Crippen LogP contribution in [-0.4, -0.2) is 15.1 Å². The molecule has 0 amide bonds. The number of pyridine rings is 2. The lowest BCUT2D eigenvalue weighted by molar-refractivity contribution is 0.470. The number of fused-ring (bicyclic) bond motifs is 1. The van der Waals surface area contributed by atoms with Crippen molar-refractivity contribution in [3.63, 3.8) is 0 Å². The molecule has 0 unspecified atom stereocenters. The Morgan fingerprint density at radius 3 is 2.72 bits per heavy atom. The van der Waals surface area contributed by atoms with E-state index in [1.807, 2.05) is 24.3 Å². The Balaban J connectivity index is 2.47. The van der Waals surface area contributed by atoms with Gasteiger partial charge in [0.1, 0.15) is 0 Å². The smallest absolute Gasteiger partial charge is 0.291 e. The van der Waals surface area contributed by atoms with E-state index in [9.17, 15) is 9.90 Å². The van der Waals surface area contributed by atoms with E-state index in [1.165, 1.54) is 0 Å². The topological polar surface area (TPSA) is 66.0 Å². The van der Waals surface area contributed by atoms with Crippen LogP contribution in [0.2, 0.25) is 0 Å². The van der Waals surface area contributed by atoms with E-state index in [0.717, 1.165) is 10.9 Å². The number of hydrogen-bond donors (Lipinski definition) is 2. The first-order chi connectivity index (χ1) is 8.77. The van der Waals surface area contributed by atoms with Gasteiger partial charge in [0.15, 0.2) is 5.75 Å². The highest BCUT2D eigenvalue weighted by atomic mass is 16.3. The van der Waals surface area contributed by atoms with Crippen LogP contribution in [-0.2, 0) is 0 Å². The van der Waals surface area contributed by atoms with Crippen molar-refractivity contribution in [2.45, 2.75) is 0 Å². The molecule has 18 heavy (non-hydrogen) atoms. The molecule has 4 heteroatoms. The molecule has 2 heterocycles. The van der Waals surface area contributed by atoms with Gasteiger partial charge in [-0.1, -0.05) is 24.3 Å². The van der Waals surface area contributed by atoms with Crippen molar-refractivity contribution in [3.05, 3.63) is 59.1 Å². The lowest BCUT2D eigenvalue weighted by Crippen LogP contribution is -2.06. The first-order valence-electron chi connectivity index (χ1n) is 5.52. The monoisotopic (exact) mass is 238 g/mol. The first kappa shape index (κ1) is 10.5. The second-order valence-electron chi connectivity index (χ2n) is 3.97. The highest BCUT2D eigenvalue weighted by Gasteiger charge is 2.12. The van der Waals surface area contributed by atoms with Gasteiger partial charge in [0, 0.05) is 34.4 Å². The summed E-state index contributed by atoms with van der Waals surface area (Å²) < 4.78 is 0. The molecule has 0 aliphatic heterocycles. The SMILES string of the molecule is O=c1[nH]c2ccccc2c(-c2cccnc2)c1O. The van der Waals surface area contributed by atoms with Gasteiger partial charge in [-0.25, -0.2) is 0 Å². The van der Waals surface area contributed by atoms with Crippen LogP contribution in [0.15, 0.2) is 53.6 Å². The van der Waals surface area contributed by atoms with Crippen LogP contribution in [0.3, 0.4) is 0 Å². The predicted molar refractivity (Wildman–Crippen MR) is 69.5 cm³/mol. The number of H-pyrrole nitrogens is 1. The van der Waals surface area contributed by atoms with Crippen molar-refractivity contribution in [1.29, 1.82) is 0 Å². The van der Waals surface area contributed by atoms with Crippen LogP contribution in [0.1, 0.15) is 0 Å². The lowest BCUT2D eigenvalue weighted by Gasteiger charge is -2.08. The molecule has 1 aromatic carbocycles. The molecular weight excluding hydrogens is 228 g/mol. The van der Waals surface area contributed by atoms with Crippen LogP contribution >= 0.6 is 0 Å². The fourth-order valence-electron chi connectivity index (χ4n) is 2.04. The highest BCUT2D eigenvalue weighted by Crippen LogP contribution is 2.31. The molecule has 0 atom stereocenters. The molecule has 0 fully saturated rings. The number of aromatic amines is 1. The molecule has 0 saturated heterocycles. The van der Waals surface area contributed by atoms with Gasteiger partial charge < -0.3 is 10.1 Å². The fourth-order valence-corrected chi connectivity index (χ4v) is 2.04. The molecular formula is C14H10N2O2. The third kappa shape index (κ3) is 1.55. The van der Waals surface area contributed by atoms with Crippen LogP contribution in [0.5, 0.6) is 5.75 Å². The van der Waals surface area contributed by atoms with Gasteiger partial charge in [0.2, 0.25) is 0 Å². The molecule has 88 valence electrons. The van der Waals surface area contributed by atoms with E-state index in [2.05, 4.69) is 9.97 Å². The Kier molecular flexibility index (Phi) is 2.34. The molecule has 3 rings (SSSR count). The van der Waals surface area contributed by atoms with Gasteiger partial charge in [-0.05, 0) is 12.1 Å². The number of hydrogen-bond acceptors (Lipinski definition) is 3. The number of aromatic hydroxyl groups is 1. The maximum atomic E-state index is 11.7. The van der Waals surface area contributed by atoms with Crippen LogP contribution < -0.4 is 5.56 Å². The zero-order valence-electron chi connectivity index (χ0n) is 9.42. The second-order valence-corrected chi connectivity index (χ2v) is 3.97. The molecule has 4 nitrogen and oxygen atoms in total. The van der Waals surface area contributed by atoms with Gasteiger partial charge >= 0.3 is 0 Å². The minimum Gasteiger partial charge on any atom is -0.503 e. The number of aromatic nitrogens is 2. The Morgan fingerprint density at radius 1 is 1.11 bits per heavy atom. The van der Waals surface area contributed by atoms with E-state index in [-0.39, 0.29) is 5.75 Å². The predicted octanol–water partition coefficient (Wildman–Crippen LogP) is 2.30. The summed E-state index contributed by atoms with van der Waals surface area (Å²) in [4.78, 5) is 18.4. The number of para-hydroxylation sites is 1. The highest BCUT2D eigenvalue weighted by molar-refractivity contribution is 5.96. The molecule has 0 radical (unpaired) electrons. The number of rotatable bonds is 1. The summed E-state index contributed by atoms with van der Waals surface area (Å²) in [5.74, 6) is -0.276. The van der Waals surface area contributed by atoms with Crippen molar-refractivity contribution >= 4 is 10.9 Å². The molecule has 3 aromatic rings. The van der Waals surface area contributed by atoms with Gasteiger partial charge in [-0.2, -0.15) is 0 Å². The summed E-state index contributed by atoms with van der Waals surface area (Å²) in [7, 11) is 0. The van der Waals surface area contributed by atoms with E-state index >= 15 is 0 Å². The normalized spacial score (nSPS) is 10.7. The summed E-state index contributed by atoms with van der Waals surface area (Å²) in [6.07, 6.45) is 3.27. The zero-order chi connectivity index (χ0) is 12.5. The van der Waals surface area contributed by atoms with Crippen molar-refractivity contribution in [1.82, 2.24) is 9.97 Å². The lowest BCUT2D eigenvalue weighted by atomic mass is 10.0. The minimum absolute atomic E-state index is 0.276.